The fraction of sp³-hybridized carbons (Fsp3) is 0.286. The van der Waals surface area contributed by atoms with Gasteiger partial charge in [0.2, 0.25) is 0 Å². The van der Waals surface area contributed by atoms with E-state index in [1.807, 2.05) is 0 Å². The van der Waals surface area contributed by atoms with Crippen molar-refractivity contribution in [3.63, 3.8) is 0 Å². The van der Waals surface area contributed by atoms with Gasteiger partial charge in [-0.15, -0.1) is 0 Å². The number of carbonyl (C=O) groups is 1. The quantitative estimate of drug-likeness (QED) is 0.674. The molecule has 1 heterocycles. The summed E-state index contributed by atoms with van der Waals surface area (Å²) in [5.41, 5.74) is -0.440. The van der Waals surface area contributed by atoms with Crippen molar-refractivity contribution in [2.45, 2.75) is 6.92 Å². The predicted molar refractivity (Wildman–Crippen MR) is 41.0 cm³/mol. The van der Waals surface area contributed by atoms with Gasteiger partial charge in [0.1, 0.15) is 6.61 Å². The van der Waals surface area contributed by atoms with Crippen LogP contribution in [0.2, 0.25) is 0 Å². The van der Waals surface area contributed by atoms with Crippen LogP contribution in [-0.4, -0.2) is 22.4 Å². The molecule has 5 nitrogen and oxygen atoms in total. The number of hydrogen-bond donors (Lipinski definition) is 1. The molecule has 0 bridgehead atoms. The van der Waals surface area contributed by atoms with E-state index < -0.39 is 5.69 Å². The first-order chi connectivity index (χ1) is 5.68. The van der Waals surface area contributed by atoms with Crippen LogP contribution in [0.15, 0.2) is 17.2 Å². The summed E-state index contributed by atoms with van der Waals surface area (Å²) in [6.07, 6.45) is 2.63. The molecule has 0 radical (unpaired) electrons. The molecule has 0 aromatic carbocycles. The lowest BCUT2D eigenvalue weighted by molar-refractivity contribution is -0.118. The molecule has 0 aliphatic rings. The average Bonchev–Trinajstić information content (AvgIpc) is 2.03. The average molecular weight is 168 g/mol. The van der Waals surface area contributed by atoms with Crippen LogP contribution in [0.3, 0.4) is 0 Å². The fourth-order valence-corrected chi connectivity index (χ4v) is 0.594. The van der Waals surface area contributed by atoms with Crippen LogP contribution in [0.4, 0.5) is 0 Å². The third kappa shape index (κ3) is 2.53. The molecule has 0 saturated carbocycles. The molecule has 1 aromatic heterocycles. The highest BCUT2D eigenvalue weighted by molar-refractivity contribution is 5.77. The van der Waals surface area contributed by atoms with E-state index in [1.165, 1.54) is 19.3 Å². The zero-order chi connectivity index (χ0) is 8.97. The molecule has 12 heavy (non-hydrogen) atoms. The van der Waals surface area contributed by atoms with Gasteiger partial charge in [0.05, 0.1) is 6.20 Å². The number of Topliss-reactive ketones (excluding diaryl/α,β-unsaturated/α-hetero) is 1. The summed E-state index contributed by atoms with van der Waals surface area (Å²) >= 11 is 0. The van der Waals surface area contributed by atoms with Gasteiger partial charge >= 0.3 is 5.69 Å². The normalized spacial score (nSPS) is 9.42. The zero-order valence-corrected chi connectivity index (χ0v) is 6.53. The van der Waals surface area contributed by atoms with Crippen molar-refractivity contribution >= 4 is 5.78 Å². The van der Waals surface area contributed by atoms with E-state index in [1.54, 1.807) is 0 Å². The lowest BCUT2D eigenvalue weighted by Gasteiger charge is -2.00. The van der Waals surface area contributed by atoms with E-state index in [9.17, 15) is 9.59 Å². The lowest BCUT2D eigenvalue weighted by Crippen LogP contribution is -2.11. The maximum Gasteiger partial charge on any atom is 0.345 e. The van der Waals surface area contributed by atoms with Crippen molar-refractivity contribution in [3.05, 3.63) is 22.9 Å². The van der Waals surface area contributed by atoms with Crippen LogP contribution < -0.4 is 10.4 Å². The molecule has 5 heteroatoms. The van der Waals surface area contributed by atoms with Gasteiger partial charge in [0, 0.05) is 6.20 Å². The number of carbonyl (C=O) groups excluding carboxylic acids is 1. The largest absolute Gasteiger partial charge is 0.483 e. The van der Waals surface area contributed by atoms with E-state index in [0.717, 1.165) is 0 Å². The van der Waals surface area contributed by atoms with Crippen molar-refractivity contribution in [1.82, 2.24) is 9.97 Å². The summed E-state index contributed by atoms with van der Waals surface area (Å²) in [5.74, 6) is 0.297. The number of ether oxygens (including phenoxy) is 1. The Morgan fingerprint density at radius 1 is 1.75 bits per heavy atom. The summed E-state index contributed by atoms with van der Waals surface area (Å²) in [6, 6.07) is 0. The topological polar surface area (TPSA) is 72.0 Å². The molecule has 0 fully saturated rings. The molecule has 0 unspecified atom stereocenters. The smallest absolute Gasteiger partial charge is 0.345 e. The number of aromatic amines is 1. The van der Waals surface area contributed by atoms with Crippen molar-refractivity contribution in [2.24, 2.45) is 0 Å². The van der Waals surface area contributed by atoms with E-state index in [-0.39, 0.29) is 12.4 Å². The molecule has 1 rings (SSSR count). The van der Waals surface area contributed by atoms with Crippen LogP contribution in [0.25, 0.3) is 0 Å². The van der Waals surface area contributed by atoms with Crippen LogP contribution >= 0.6 is 0 Å². The first-order valence-electron chi connectivity index (χ1n) is 3.35. The minimum absolute atomic E-state index is 0.00623. The first-order valence-corrected chi connectivity index (χ1v) is 3.35. The van der Waals surface area contributed by atoms with Crippen LogP contribution in [0.5, 0.6) is 5.75 Å². The molecular formula is C7H8N2O3. The van der Waals surface area contributed by atoms with Crippen LogP contribution in [-0.2, 0) is 4.79 Å². The number of ketones is 1. The molecule has 1 N–H and O–H groups in total. The SMILES string of the molecule is CC(=O)COc1cnc(=O)[nH]c1. The van der Waals surface area contributed by atoms with Crippen LogP contribution in [0, 0.1) is 0 Å². The highest BCUT2D eigenvalue weighted by Crippen LogP contribution is 2.01. The number of nitrogens with zero attached hydrogens (tertiary/aromatic N) is 1. The minimum atomic E-state index is -0.440. The Kier molecular flexibility index (Phi) is 2.57. The lowest BCUT2D eigenvalue weighted by atomic mass is 10.5. The number of rotatable bonds is 3. The highest BCUT2D eigenvalue weighted by atomic mass is 16.5. The highest BCUT2D eigenvalue weighted by Gasteiger charge is 1.95. The first kappa shape index (κ1) is 8.45. The summed E-state index contributed by atoms with van der Waals surface area (Å²) in [6.45, 7) is 1.41. The molecular weight excluding hydrogens is 160 g/mol. The van der Waals surface area contributed by atoms with Gasteiger partial charge < -0.3 is 9.72 Å². The van der Waals surface area contributed by atoms with Gasteiger partial charge in [-0.25, -0.2) is 4.79 Å². The Morgan fingerprint density at radius 2 is 2.50 bits per heavy atom. The van der Waals surface area contributed by atoms with Crippen molar-refractivity contribution in [2.75, 3.05) is 6.61 Å². The second-order valence-electron chi connectivity index (χ2n) is 2.25. The Hall–Kier alpha value is -1.65. The number of nitrogens with one attached hydrogen (secondary N) is 1. The molecule has 0 aliphatic carbocycles. The molecule has 0 amide bonds. The Morgan fingerprint density at radius 3 is 3.00 bits per heavy atom. The zero-order valence-electron chi connectivity index (χ0n) is 6.53. The van der Waals surface area contributed by atoms with E-state index >= 15 is 0 Å². The summed E-state index contributed by atoms with van der Waals surface area (Å²) < 4.78 is 4.94. The second kappa shape index (κ2) is 3.66. The molecule has 0 saturated heterocycles. The van der Waals surface area contributed by atoms with E-state index in [0.29, 0.717) is 5.75 Å². The van der Waals surface area contributed by atoms with Crippen LogP contribution in [0.1, 0.15) is 6.92 Å². The van der Waals surface area contributed by atoms with E-state index in [2.05, 4.69) is 9.97 Å². The predicted octanol–water partition coefficient (Wildman–Crippen LogP) is -0.262. The third-order valence-corrected chi connectivity index (χ3v) is 1.09. The number of hydrogen-bond acceptors (Lipinski definition) is 4. The number of H-pyrrole nitrogens is 1. The van der Waals surface area contributed by atoms with E-state index in [4.69, 9.17) is 4.74 Å². The van der Waals surface area contributed by atoms with Crippen molar-refractivity contribution in [1.29, 1.82) is 0 Å². The summed E-state index contributed by atoms with van der Waals surface area (Å²) in [4.78, 5) is 26.7. The van der Waals surface area contributed by atoms with Gasteiger partial charge in [0.15, 0.2) is 11.5 Å². The molecule has 1 aromatic rings. The minimum Gasteiger partial charge on any atom is -0.483 e. The fourth-order valence-electron chi connectivity index (χ4n) is 0.594. The van der Waals surface area contributed by atoms with Crippen molar-refractivity contribution < 1.29 is 9.53 Å². The Bertz CT molecular complexity index is 311. The Labute approximate surface area is 68.4 Å². The second-order valence-corrected chi connectivity index (χ2v) is 2.25. The summed E-state index contributed by atoms with van der Waals surface area (Å²) in [7, 11) is 0. The van der Waals surface area contributed by atoms with Gasteiger partial charge in [0.25, 0.3) is 0 Å². The standard InChI is InChI=1S/C7H8N2O3/c1-5(10)4-12-6-2-8-7(11)9-3-6/h2-3H,4H2,1H3,(H,8,9,11). The maximum absolute atomic E-state index is 10.5. The van der Waals surface area contributed by atoms with Crippen molar-refractivity contribution in [3.8, 4) is 5.75 Å². The third-order valence-electron chi connectivity index (χ3n) is 1.09. The summed E-state index contributed by atoms with van der Waals surface area (Å²) in [5, 5.41) is 0. The van der Waals surface area contributed by atoms with Gasteiger partial charge in [-0.2, -0.15) is 4.98 Å². The maximum atomic E-state index is 10.5. The molecule has 0 atom stereocenters. The monoisotopic (exact) mass is 168 g/mol. The molecule has 0 spiro atoms. The van der Waals surface area contributed by atoms with Gasteiger partial charge in [-0.05, 0) is 6.92 Å². The Balaban J connectivity index is 2.59. The van der Waals surface area contributed by atoms with Gasteiger partial charge in [-0.3, -0.25) is 4.79 Å². The van der Waals surface area contributed by atoms with Gasteiger partial charge in [-0.1, -0.05) is 0 Å². The molecule has 64 valence electrons. The number of aromatic nitrogens is 2. The molecule has 0 aliphatic heterocycles.